The van der Waals surface area contributed by atoms with Gasteiger partial charge in [0.15, 0.2) is 0 Å². The molecule has 0 aromatic heterocycles. The van der Waals surface area contributed by atoms with Gasteiger partial charge in [0.2, 0.25) is 5.91 Å². The lowest BCUT2D eigenvalue weighted by molar-refractivity contribution is -0.904. The molecule has 2 aliphatic heterocycles. The average Bonchev–Trinajstić information content (AvgIpc) is 3.00. The number of carbonyl (C=O) groups is 2. The molecule has 0 spiro atoms. The quantitative estimate of drug-likeness (QED) is 0.650. The van der Waals surface area contributed by atoms with E-state index in [1.165, 1.54) is 32.4 Å². The maximum atomic E-state index is 12.2. The van der Waals surface area contributed by atoms with Crippen molar-refractivity contribution in [3.8, 4) is 0 Å². The molecule has 0 bridgehead atoms. The molecule has 2 saturated heterocycles. The first-order chi connectivity index (χ1) is 12.6. The van der Waals surface area contributed by atoms with Crippen molar-refractivity contribution >= 4 is 29.2 Å². The minimum absolute atomic E-state index is 0.0197. The van der Waals surface area contributed by atoms with Gasteiger partial charge in [-0.2, -0.15) is 0 Å². The van der Waals surface area contributed by atoms with Gasteiger partial charge in [-0.15, -0.1) is 0 Å². The standard InChI is InChI=1S/C19H27ClN4O2/c20-15-5-7-17(8-6-15)24-14-16(13-18(24)25)22-19(26)21-9-4-12-23-10-2-1-3-11-23/h5-8,16H,1-4,9-14H2,(H2,21,22,26)/p+1/t16-/m0/s1. The van der Waals surface area contributed by atoms with Crippen LogP contribution in [0.3, 0.4) is 0 Å². The lowest BCUT2D eigenvalue weighted by Crippen LogP contribution is -3.12. The van der Waals surface area contributed by atoms with Crippen LogP contribution in [0.2, 0.25) is 5.02 Å². The van der Waals surface area contributed by atoms with Crippen molar-refractivity contribution in [1.82, 2.24) is 10.6 Å². The molecule has 0 saturated carbocycles. The van der Waals surface area contributed by atoms with Gasteiger partial charge < -0.3 is 20.4 Å². The number of hydrogen-bond acceptors (Lipinski definition) is 2. The Bertz CT molecular complexity index is 616. The van der Waals surface area contributed by atoms with Crippen LogP contribution in [-0.2, 0) is 4.79 Å². The third-order valence-electron chi connectivity index (χ3n) is 5.15. The number of rotatable bonds is 6. The number of halogens is 1. The molecule has 3 N–H and O–H groups in total. The number of amides is 3. The van der Waals surface area contributed by atoms with Gasteiger partial charge in [0.1, 0.15) is 0 Å². The Balaban J connectivity index is 1.36. The average molecular weight is 380 g/mol. The van der Waals surface area contributed by atoms with Crippen LogP contribution in [0.4, 0.5) is 10.5 Å². The van der Waals surface area contributed by atoms with Crippen LogP contribution in [0.5, 0.6) is 0 Å². The second-order valence-corrected chi connectivity index (χ2v) is 7.63. The highest BCUT2D eigenvalue weighted by Crippen LogP contribution is 2.23. The predicted molar refractivity (Wildman–Crippen MR) is 103 cm³/mol. The molecule has 26 heavy (non-hydrogen) atoms. The summed E-state index contributed by atoms with van der Waals surface area (Å²) in [5.41, 5.74) is 0.814. The second kappa shape index (κ2) is 9.24. The summed E-state index contributed by atoms with van der Waals surface area (Å²) in [6.07, 6.45) is 5.32. The molecule has 142 valence electrons. The predicted octanol–water partition coefficient (Wildman–Crippen LogP) is 1.20. The summed E-state index contributed by atoms with van der Waals surface area (Å²) in [6.45, 7) is 4.81. The van der Waals surface area contributed by atoms with E-state index in [9.17, 15) is 9.59 Å². The molecule has 1 aromatic rings. The summed E-state index contributed by atoms with van der Waals surface area (Å²) in [7, 11) is 0. The summed E-state index contributed by atoms with van der Waals surface area (Å²) in [5, 5.41) is 6.47. The van der Waals surface area contributed by atoms with Gasteiger partial charge in [-0.25, -0.2) is 4.79 Å². The minimum Gasteiger partial charge on any atom is -0.338 e. The number of carbonyl (C=O) groups excluding carboxylic acids is 2. The molecule has 6 nitrogen and oxygen atoms in total. The summed E-state index contributed by atoms with van der Waals surface area (Å²) < 4.78 is 0. The molecule has 3 rings (SSSR count). The van der Waals surface area contributed by atoms with Gasteiger partial charge in [0.25, 0.3) is 0 Å². The summed E-state index contributed by atoms with van der Waals surface area (Å²) >= 11 is 5.89. The third kappa shape index (κ3) is 5.35. The van der Waals surface area contributed by atoms with Gasteiger partial charge in [-0.05, 0) is 43.5 Å². The highest BCUT2D eigenvalue weighted by atomic mass is 35.5. The van der Waals surface area contributed by atoms with Crippen molar-refractivity contribution in [2.75, 3.05) is 37.6 Å². The monoisotopic (exact) mass is 379 g/mol. The van der Waals surface area contributed by atoms with E-state index < -0.39 is 0 Å². The maximum Gasteiger partial charge on any atom is 0.315 e. The minimum atomic E-state index is -0.186. The molecule has 0 aliphatic carbocycles. The van der Waals surface area contributed by atoms with E-state index in [2.05, 4.69) is 10.6 Å². The van der Waals surface area contributed by atoms with E-state index in [1.54, 1.807) is 21.9 Å². The molecule has 2 heterocycles. The van der Waals surface area contributed by atoms with E-state index in [0.717, 1.165) is 18.7 Å². The number of anilines is 1. The Morgan fingerprint density at radius 2 is 1.92 bits per heavy atom. The van der Waals surface area contributed by atoms with E-state index in [4.69, 9.17) is 11.6 Å². The lowest BCUT2D eigenvalue weighted by atomic mass is 10.1. The molecular formula is C19H28ClN4O2+. The fraction of sp³-hybridized carbons (Fsp3) is 0.579. The highest BCUT2D eigenvalue weighted by Gasteiger charge is 2.31. The Morgan fingerprint density at radius 3 is 2.65 bits per heavy atom. The number of urea groups is 1. The number of benzene rings is 1. The molecule has 0 unspecified atom stereocenters. The molecule has 1 aromatic carbocycles. The van der Waals surface area contributed by atoms with E-state index in [1.807, 2.05) is 12.1 Å². The van der Waals surface area contributed by atoms with Gasteiger partial charge in [0.05, 0.1) is 25.7 Å². The topological polar surface area (TPSA) is 65.9 Å². The van der Waals surface area contributed by atoms with Gasteiger partial charge in [0, 0.05) is 36.6 Å². The summed E-state index contributed by atoms with van der Waals surface area (Å²) in [5.74, 6) is 0.0197. The largest absolute Gasteiger partial charge is 0.338 e. The number of hydrogen-bond donors (Lipinski definition) is 3. The van der Waals surface area contributed by atoms with E-state index in [0.29, 0.717) is 24.5 Å². The smallest absolute Gasteiger partial charge is 0.315 e. The molecule has 7 heteroatoms. The Kier molecular flexibility index (Phi) is 6.74. The van der Waals surface area contributed by atoms with Crippen LogP contribution in [0, 0.1) is 0 Å². The third-order valence-corrected chi connectivity index (χ3v) is 5.40. The van der Waals surface area contributed by atoms with Crippen LogP contribution in [-0.4, -0.2) is 50.7 Å². The first-order valence-corrected chi connectivity index (χ1v) is 9.93. The number of quaternary nitrogens is 1. The van der Waals surface area contributed by atoms with Crippen molar-refractivity contribution in [1.29, 1.82) is 0 Å². The Hall–Kier alpha value is -1.79. The van der Waals surface area contributed by atoms with Gasteiger partial charge in [-0.3, -0.25) is 4.79 Å². The van der Waals surface area contributed by atoms with Crippen LogP contribution in [0.25, 0.3) is 0 Å². The molecule has 3 amide bonds. The zero-order valence-electron chi connectivity index (χ0n) is 15.1. The Labute approximate surface area is 159 Å². The van der Waals surface area contributed by atoms with Crippen LogP contribution >= 0.6 is 11.6 Å². The summed E-state index contributed by atoms with van der Waals surface area (Å²) in [4.78, 5) is 27.6. The van der Waals surface area contributed by atoms with Crippen LogP contribution in [0.1, 0.15) is 32.1 Å². The fourth-order valence-electron chi connectivity index (χ4n) is 3.75. The number of nitrogens with zero attached hydrogens (tertiary/aromatic N) is 1. The van der Waals surface area contributed by atoms with Gasteiger partial charge >= 0.3 is 6.03 Å². The first-order valence-electron chi connectivity index (χ1n) is 9.55. The van der Waals surface area contributed by atoms with Crippen LogP contribution < -0.4 is 20.4 Å². The number of piperidine rings is 1. The van der Waals surface area contributed by atoms with Crippen molar-refractivity contribution in [3.63, 3.8) is 0 Å². The molecular weight excluding hydrogens is 352 g/mol. The van der Waals surface area contributed by atoms with Crippen molar-refractivity contribution in [2.45, 2.75) is 38.1 Å². The van der Waals surface area contributed by atoms with Crippen molar-refractivity contribution in [3.05, 3.63) is 29.3 Å². The first kappa shape index (κ1) is 19.0. The normalized spacial score (nSPS) is 21.0. The van der Waals surface area contributed by atoms with Crippen molar-refractivity contribution < 1.29 is 14.5 Å². The zero-order chi connectivity index (χ0) is 18.4. The van der Waals surface area contributed by atoms with Crippen LogP contribution in [0.15, 0.2) is 24.3 Å². The molecule has 0 radical (unpaired) electrons. The zero-order valence-corrected chi connectivity index (χ0v) is 15.9. The number of nitrogens with one attached hydrogen (secondary N) is 3. The fourth-order valence-corrected chi connectivity index (χ4v) is 3.88. The second-order valence-electron chi connectivity index (χ2n) is 7.20. The van der Waals surface area contributed by atoms with Gasteiger partial charge in [-0.1, -0.05) is 11.6 Å². The highest BCUT2D eigenvalue weighted by molar-refractivity contribution is 6.30. The number of likely N-dealkylation sites (tertiary alicyclic amines) is 1. The Morgan fingerprint density at radius 1 is 1.19 bits per heavy atom. The SMILES string of the molecule is O=C(NCCC[NH+]1CCCCC1)N[C@H]1CC(=O)N(c2ccc(Cl)cc2)C1. The lowest BCUT2D eigenvalue weighted by Gasteiger charge is -2.23. The molecule has 1 atom stereocenters. The van der Waals surface area contributed by atoms with E-state index >= 15 is 0 Å². The summed E-state index contributed by atoms with van der Waals surface area (Å²) in [6, 6.07) is 6.83. The molecule has 2 fully saturated rings. The van der Waals surface area contributed by atoms with Crippen molar-refractivity contribution in [2.24, 2.45) is 0 Å². The molecule has 2 aliphatic rings. The maximum absolute atomic E-state index is 12.2. The van der Waals surface area contributed by atoms with E-state index in [-0.39, 0.29) is 18.0 Å².